The van der Waals surface area contributed by atoms with Crippen molar-refractivity contribution in [1.29, 1.82) is 0 Å². The van der Waals surface area contributed by atoms with Crippen molar-refractivity contribution in [1.82, 2.24) is 4.90 Å². The van der Waals surface area contributed by atoms with Gasteiger partial charge in [-0.3, -0.25) is 9.59 Å². The minimum atomic E-state index is -0.830. The molecule has 0 aromatic heterocycles. The maximum atomic E-state index is 12.0. The maximum Gasteiger partial charge on any atom is 0.311 e. The first-order chi connectivity index (χ1) is 8.35. The second-order valence-electron chi connectivity index (χ2n) is 5.26. The Kier molecular flexibility index (Phi) is 4.51. The molecule has 102 valence electrons. The fraction of sp³-hybridized carbons (Fsp3) is 0.692. The minimum absolute atomic E-state index is 0.0107. The zero-order chi connectivity index (χ0) is 13.9. The molecule has 1 fully saturated rings. The van der Waals surface area contributed by atoms with Gasteiger partial charge in [-0.15, -0.1) is 6.58 Å². The van der Waals surface area contributed by atoms with Gasteiger partial charge in [0.1, 0.15) is 0 Å². The highest BCUT2D eigenvalue weighted by Gasteiger charge is 2.48. The Morgan fingerprint density at radius 1 is 1.56 bits per heavy atom. The van der Waals surface area contributed by atoms with Crippen molar-refractivity contribution in [3.8, 4) is 0 Å². The number of carbonyl (C=O) groups is 2. The van der Waals surface area contributed by atoms with Crippen LogP contribution in [-0.4, -0.2) is 41.0 Å². The third kappa shape index (κ3) is 2.56. The van der Waals surface area contributed by atoms with Gasteiger partial charge in [0.15, 0.2) is 0 Å². The number of nitrogens with zero attached hydrogens (tertiary/aromatic N) is 1. The van der Waals surface area contributed by atoms with E-state index < -0.39 is 17.4 Å². The number of nitrogens with two attached hydrogens (primary N) is 1. The standard InChI is InChI=1S/C13H22N2O3/c1-4-5-10(14)11(16)15-7-6-13(8-15,9(2)3)12(17)18/h4,9-10H,1,5-8,14H2,2-3H3,(H,17,18). The molecule has 1 aliphatic rings. The lowest BCUT2D eigenvalue weighted by Crippen LogP contribution is -2.45. The molecule has 5 nitrogen and oxygen atoms in total. The molecule has 2 atom stereocenters. The number of hydrogen-bond donors (Lipinski definition) is 2. The zero-order valence-corrected chi connectivity index (χ0v) is 11.1. The average Bonchev–Trinajstić information content (AvgIpc) is 2.74. The van der Waals surface area contributed by atoms with Crippen LogP contribution in [0.5, 0.6) is 0 Å². The summed E-state index contributed by atoms with van der Waals surface area (Å²) in [7, 11) is 0. The zero-order valence-electron chi connectivity index (χ0n) is 11.1. The molecular weight excluding hydrogens is 232 g/mol. The monoisotopic (exact) mass is 254 g/mol. The Labute approximate surface area is 108 Å². The summed E-state index contributed by atoms with van der Waals surface area (Å²) in [6.45, 7) is 8.03. The molecule has 0 radical (unpaired) electrons. The molecule has 5 heteroatoms. The highest BCUT2D eigenvalue weighted by Crippen LogP contribution is 2.38. The van der Waals surface area contributed by atoms with Crippen LogP contribution in [-0.2, 0) is 9.59 Å². The number of hydrogen-bond acceptors (Lipinski definition) is 3. The Balaban J connectivity index is 2.78. The molecule has 1 saturated heterocycles. The van der Waals surface area contributed by atoms with Gasteiger partial charge < -0.3 is 15.7 Å². The maximum absolute atomic E-state index is 12.0. The van der Waals surface area contributed by atoms with Crippen LogP contribution in [0.1, 0.15) is 26.7 Å². The third-order valence-electron chi connectivity index (χ3n) is 3.88. The Morgan fingerprint density at radius 2 is 2.17 bits per heavy atom. The molecule has 1 amide bonds. The van der Waals surface area contributed by atoms with Crippen molar-refractivity contribution >= 4 is 11.9 Å². The fourth-order valence-electron chi connectivity index (χ4n) is 2.43. The van der Waals surface area contributed by atoms with Crippen LogP contribution < -0.4 is 5.73 Å². The Bertz CT molecular complexity index is 354. The molecule has 0 aromatic carbocycles. The van der Waals surface area contributed by atoms with Crippen LogP contribution in [0.25, 0.3) is 0 Å². The van der Waals surface area contributed by atoms with Gasteiger partial charge in [-0.1, -0.05) is 19.9 Å². The summed E-state index contributed by atoms with van der Waals surface area (Å²) < 4.78 is 0. The van der Waals surface area contributed by atoms with Crippen LogP contribution >= 0.6 is 0 Å². The van der Waals surface area contributed by atoms with E-state index in [1.807, 2.05) is 13.8 Å². The molecule has 0 aliphatic carbocycles. The molecule has 0 saturated carbocycles. The number of carbonyl (C=O) groups excluding carboxylic acids is 1. The van der Waals surface area contributed by atoms with Crippen molar-refractivity contribution in [3.63, 3.8) is 0 Å². The van der Waals surface area contributed by atoms with Crippen molar-refractivity contribution in [3.05, 3.63) is 12.7 Å². The summed E-state index contributed by atoms with van der Waals surface area (Å²) in [4.78, 5) is 25.0. The first-order valence-electron chi connectivity index (χ1n) is 6.24. The SMILES string of the molecule is C=CCC(N)C(=O)N1CCC(C(=O)O)(C(C)C)C1. The number of carboxylic acid groups (broad SMARTS) is 1. The summed E-state index contributed by atoms with van der Waals surface area (Å²) in [5.41, 5.74) is 4.91. The van der Waals surface area contributed by atoms with E-state index in [0.29, 0.717) is 19.4 Å². The topological polar surface area (TPSA) is 83.6 Å². The van der Waals surface area contributed by atoms with Gasteiger partial charge in [0.05, 0.1) is 11.5 Å². The molecule has 3 N–H and O–H groups in total. The van der Waals surface area contributed by atoms with Crippen LogP contribution in [0.3, 0.4) is 0 Å². The van der Waals surface area contributed by atoms with Gasteiger partial charge in [0.25, 0.3) is 0 Å². The fourth-order valence-corrected chi connectivity index (χ4v) is 2.43. The lowest BCUT2D eigenvalue weighted by molar-refractivity contribution is -0.151. The van der Waals surface area contributed by atoms with Gasteiger partial charge >= 0.3 is 5.97 Å². The van der Waals surface area contributed by atoms with E-state index >= 15 is 0 Å². The van der Waals surface area contributed by atoms with E-state index in [4.69, 9.17) is 5.73 Å². The number of likely N-dealkylation sites (tertiary alicyclic amines) is 1. The van der Waals surface area contributed by atoms with E-state index in [0.717, 1.165) is 0 Å². The summed E-state index contributed by atoms with van der Waals surface area (Å²) in [5.74, 6) is -1.02. The van der Waals surface area contributed by atoms with Crippen molar-refractivity contribution in [2.24, 2.45) is 17.1 Å². The normalized spacial score (nSPS) is 25.2. The molecular formula is C13H22N2O3. The van der Waals surface area contributed by atoms with Crippen molar-refractivity contribution < 1.29 is 14.7 Å². The first kappa shape index (κ1) is 14.7. The summed E-state index contributed by atoms with van der Waals surface area (Å²) in [6, 6.07) is -0.612. The quantitative estimate of drug-likeness (QED) is 0.712. The van der Waals surface area contributed by atoms with E-state index in [9.17, 15) is 14.7 Å². The number of carboxylic acids is 1. The second-order valence-corrected chi connectivity index (χ2v) is 5.26. The molecule has 0 aromatic rings. The lowest BCUT2D eigenvalue weighted by atomic mass is 9.76. The first-order valence-corrected chi connectivity index (χ1v) is 6.24. The van der Waals surface area contributed by atoms with Crippen molar-refractivity contribution in [2.45, 2.75) is 32.7 Å². The predicted octanol–water partition coefficient (Wildman–Crippen LogP) is 0.849. The van der Waals surface area contributed by atoms with Crippen LogP contribution in [0.4, 0.5) is 0 Å². The molecule has 1 heterocycles. The number of rotatable bonds is 5. The molecule has 0 bridgehead atoms. The lowest BCUT2D eigenvalue weighted by Gasteiger charge is -2.29. The highest BCUT2D eigenvalue weighted by molar-refractivity contribution is 5.84. The summed E-state index contributed by atoms with van der Waals surface area (Å²) >= 11 is 0. The third-order valence-corrected chi connectivity index (χ3v) is 3.88. The van der Waals surface area contributed by atoms with Crippen molar-refractivity contribution in [2.75, 3.05) is 13.1 Å². The molecule has 18 heavy (non-hydrogen) atoms. The average molecular weight is 254 g/mol. The van der Waals surface area contributed by atoms with E-state index in [2.05, 4.69) is 6.58 Å². The highest BCUT2D eigenvalue weighted by atomic mass is 16.4. The molecule has 0 spiro atoms. The van der Waals surface area contributed by atoms with Gasteiger partial charge in [0.2, 0.25) is 5.91 Å². The van der Waals surface area contributed by atoms with Gasteiger partial charge in [-0.05, 0) is 18.8 Å². The largest absolute Gasteiger partial charge is 0.481 e. The second kappa shape index (κ2) is 5.52. The van der Waals surface area contributed by atoms with Gasteiger partial charge in [-0.2, -0.15) is 0 Å². The van der Waals surface area contributed by atoms with Crippen LogP contribution in [0.15, 0.2) is 12.7 Å². The summed E-state index contributed by atoms with van der Waals surface area (Å²) in [6.07, 6.45) is 2.51. The molecule has 1 rings (SSSR count). The Hall–Kier alpha value is -1.36. The van der Waals surface area contributed by atoms with Gasteiger partial charge in [-0.25, -0.2) is 0 Å². The predicted molar refractivity (Wildman–Crippen MR) is 68.9 cm³/mol. The smallest absolute Gasteiger partial charge is 0.311 e. The Morgan fingerprint density at radius 3 is 2.56 bits per heavy atom. The molecule has 2 unspecified atom stereocenters. The van der Waals surface area contributed by atoms with E-state index in [-0.39, 0.29) is 18.4 Å². The van der Waals surface area contributed by atoms with Crippen LogP contribution in [0.2, 0.25) is 0 Å². The van der Waals surface area contributed by atoms with E-state index in [1.54, 1.807) is 11.0 Å². The van der Waals surface area contributed by atoms with Crippen LogP contribution in [0, 0.1) is 11.3 Å². The number of aliphatic carboxylic acids is 1. The van der Waals surface area contributed by atoms with E-state index in [1.165, 1.54) is 0 Å². The minimum Gasteiger partial charge on any atom is -0.481 e. The molecule has 1 aliphatic heterocycles. The number of amides is 1. The van der Waals surface area contributed by atoms with Gasteiger partial charge in [0, 0.05) is 13.1 Å². The summed E-state index contributed by atoms with van der Waals surface area (Å²) in [5, 5.41) is 9.39.